The number of rotatable bonds is 5. The highest BCUT2D eigenvalue weighted by Crippen LogP contribution is 2.33. The van der Waals surface area contributed by atoms with Gasteiger partial charge in [0, 0.05) is 25.7 Å². The summed E-state index contributed by atoms with van der Waals surface area (Å²) in [5.74, 6) is -0.750. The maximum absolute atomic E-state index is 11.2. The maximum atomic E-state index is 11.2. The van der Waals surface area contributed by atoms with Gasteiger partial charge in [0.15, 0.2) is 0 Å². The van der Waals surface area contributed by atoms with E-state index in [1.807, 2.05) is 6.92 Å². The minimum Gasteiger partial charge on any atom is -0.480 e. The summed E-state index contributed by atoms with van der Waals surface area (Å²) in [7, 11) is 0. The molecule has 0 aliphatic carbocycles. The van der Waals surface area contributed by atoms with Crippen LogP contribution >= 0.6 is 0 Å². The minimum absolute atomic E-state index is 0.162. The number of ether oxygens (including phenoxy) is 2. The van der Waals surface area contributed by atoms with Crippen LogP contribution in [-0.4, -0.2) is 48.6 Å². The summed E-state index contributed by atoms with van der Waals surface area (Å²) in [6.07, 6.45) is 4.23. The smallest absolute Gasteiger partial charge is 0.320 e. The number of nitrogens with one attached hydrogen (secondary N) is 1. The van der Waals surface area contributed by atoms with Crippen LogP contribution in [-0.2, 0) is 14.3 Å². The van der Waals surface area contributed by atoms with E-state index < -0.39 is 12.0 Å². The van der Waals surface area contributed by atoms with Gasteiger partial charge >= 0.3 is 5.97 Å². The summed E-state index contributed by atoms with van der Waals surface area (Å²) >= 11 is 0. The molecule has 2 rings (SSSR count). The molecule has 0 aromatic carbocycles. The van der Waals surface area contributed by atoms with Crippen molar-refractivity contribution < 1.29 is 19.4 Å². The Morgan fingerprint density at radius 1 is 1.56 bits per heavy atom. The highest BCUT2D eigenvalue weighted by atomic mass is 16.6. The molecule has 0 amide bonds. The van der Waals surface area contributed by atoms with E-state index in [4.69, 9.17) is 9.47 Å². The Hall–Kier alpha value is -0.650. The van der Waals surface area contributed by atoms with E-state index in [-0.39, 0.29) is 11.6 Å². The van der Waals surface area contributed by atoms with Crippen molar-refractivity contribution in [1.82, 2.24) is 5.32 Å². The van der Waals surface area contributed by atoms with Crippen LogP contribution < -0.4 is 5.32 Å². The van der Waals surface area contributed by atoms with Gasteiger partial charge in [-0.05, 0) is 19.3 Å². The highest BCUT2D eigenvalue weighted by Gasteiger charge is 2.41. The summed E-state index contributed by atoms with van der Waals surface area (Å²) in [4.78, 5) is 11.2. The summed E-state index contributed by atoms with van der Waals surface area (Å²) in [5.41, 5.74) is -0.162. The average Bonchev–Trinajstić information content (AvgIpc) is 2.77. The first-order chi connectivity index (χ1) is 8.65. The van der Waals surface area contributed by atoms with Gasteiger partial charge in [-0.2, -0.15) is 0 Å². The Balaban J connectivity index is 1.90. The lowest BCUT2D eigenvalue weighted by Gasteiger charge is -2.38. The quantitative estimate of drug-likeness (QED) is 0.774. The van der Waals surface area contributed by atoms with Crippen molar-refractivity contribution in [3.05, 3.63) is 0 Å². The Morgan fingerprint density at radius 3 is 3.00 bits per heavy atom. The zero-order valence-electron chi connectivity index (χ0n) is 11.0. The second-order valence-corrected chi connectivity index (χ2v) is 5.37. The first-order valence-electron chi connectivity index (χ1n) is 6.86. The molecule has 5 nitrogen and oxygen atoms in total. The van der Waals surface area contributed by atoms with Crippen LogP contribution in [0.15, 0.2) is 0 Å². The summed E-state index contributed by atoms with van der Waals surface area (Å²) in [6.45, 7) is 4.11. The van der Waals surface area contributed by atoms with Gasteiger partial charge in [-0.3, -0.25) is 4.79 Å². The van der Waals surface area contributed by atoms with Gasteiger partial charge in [0.05, 0.1) is 12.2 Å². The molecule has 2 heterocycles. The maximum Gasteiger partial charge on any atom is 0.320 e. The van der Waals surface area contributed by atoms with Gasteiger partial charge in [0.25, 0.3) is 0 Å². The van der Waals surface area contributed by atoms with Crippen LogP contribution in [0.5, 0.6) is 0 Å². The van der Waals surface area contributed by atoms with Crippen molar-refractivity contribution >= 4 is 5.97 Å². The summed E-state index contributed by atoms with van der Waals surface area (Å²) < 4.78 is 11.3. The minimum atomic E-state index is -0.750. The van der Waals surface area contributed by atoms with Gasteiger partial charge in [0.2, 0.25) is 0 Å². The van der Waals surface area contributed by atoms with Crippen LogP contribution in [0.25, 0.3) is 0 Å². The standard InChI is InChI=1S/C13H23NO4/c1-2-3-11(12(15)16)14-10-4-6-18-13(8-10)5-7-17-9-13/h10-11,14H,2-9H2,1H3,(H,15,16). The molecule has 0 radical (unpaired) electrons. The van der Waals surface area contributed by atoms with Gasteiger partial charge in [-0.15, -0.1) is 0 Å². The lowest BCUT2D eigenvalue weighted by Crippen LogP contribution is -2.51. The van der Waals surface area contributed by atoms with E-state index in [9.17, 15) is 9.90 Å². The lowest BCUT2D eigenvalue weighted by molar-refractivity contribution is -0.141. The molecule has 18 heavy (non-hydrogen) atoms. The van der Waals surface area contributed by atoms with E-state index >= 15 is 0 Å². The first kappa shape index (κ1) is 13.8. The molecule has 2 aliphatic heterocycles. The van der Waals surface area contributed by atoms with Crippen molar-refractivity contribution in [2.45, 2.75) is 56.7 Å². The molecule has 0 saturated carbocycles. The molecule has 0 bridgehead atoms. The van der Waals surface area contributed by atoms with Gasteiger partial charge < -0.3 is 19.9 Å². The Labute approximate surface area is 108 Å². The molecule has 2 N–H and O–H groups in total. The molecule has 5 heteroatoms. The molecule has 2 fully saturated rings. The third kappa shape index (κ3) is 3.22. The second kappa shape index (κ2) is 5.99. The van der Waals surface area contributed by atoms with E-state index in [2.05, 4.69) is 5.32 Å². The van der Waals surface area contributed by atoms with E-state index in [1.54, 1.807) is 0 Å². The van der Waals surface area contributed by atoms with E-state index in [0.717, 1.165) is 32.3 Å². The van der Waals surface area contributed by atoms with Gasteiger partial charge in [-0.1, -0.05) is 13.3 Å². The summed E-state index contributed by atoms with van der Waals surface area (Å²) in [5, 5.41) is 12.4. The Bertz CT molecular complexity index is 289. The first-order valence-corrected chi connectivity index (χ1v) is 6.86. The van der Waals surface area contributed by atoms with Crippen LogP contribution in [0, 0.1) is 0 Å². The molecule has 3 unspecified atom stereocenters. The fraction of sp³-hybridized carbons (Fsp3) is 0.923. The Morgan fingerprint density at radius 2 is 2.39 bits per heavy atom. The molecular weight excluding hydrogens is 234 g/mol. The molecular formula is C13H23NO4. The number of hydrogen-bond donors (Lipinski definition) is 2. The SMILES string of the molecule is CCCC(NC1CCOC2(CCOC2)C1)C(=O)O. The van der Waals surface area contributed by atoms with Crippen LogP contribution in [0.4, 0.5) is 0 Å². The zero-order chi connectivity index (χ0) is 13.0. The topological polar surface area (TPSA) is 67.8 Å². The normalized spacial score (nSPS) is 33.7. The molecule has 0 aromatic heterocycles. The van der Waals surface area contributed by atoms with Crippen molar-refractivity contribution in [3.8, 4) is 0 Å². The third-order valence-electron chi connectivity index (χ3n) is 3.87. The second-order valence-electron chi connectivity index (χ2n) is 5.37. The van der Waals surface area contributed by atoms with Gasteiger partial charge in [0.1, 0.15) is 6.04 Å². The van der Waals surface area contributed by atoms with Crippen molar-refractivity contribution in [2.24, 2.45) is 0 Å². The Kier molecular flexibility index (Phi) is 4.59. The van der Waals surface area contributed by atoms with Crippen molar-refractivity contribution in [1.29, 1.82) is 0 Å². The predicted molar refractivity (Wildman–Crippen MR) is 66.6 cm³/mol. The molecule has 104 valence electrons. The van der Waals surface area contributed by atoms with Gasteiger partial charge in [-0.25, -0.2) is 0 Å². The largest absolute Gasteiger partial charge is 0.480 e. The summed E-state index contributed by atoms with van der Waals surface area (Å²) in [6, 6.07) is -0.203. The van der Waals surface area contributed by atoms with E-state index in [1.165, 1.54) is 0 Å². The number of carboxylic acid groups (broad SMARTS) is 1. The molecule has 2 saturated heterocycles. The number of hydrogen-bond acceptors (Lipinski definition) is 4. The predicted octanol–water partition coefficient (Wildman–Crippen LogP) is 1.17. The van der Waals surface area contributed by atoms with Crippen molar-refractivity contribution in [2.75, 3.05) is 19.8 Å². The lowest BCUT2D eigenvalue weighted by atomic mass is 9.89. The monoisotopic (exact) mass is 257 g/mol. The van der Waals surface area contributed by atoms with Crippen LogP contribution in [0.3, 0.4) is 0 Å². The van der Waals surface area contributed by atoms with E-state index in [0.29, 0.717) is 19.6 Å². The fourth-order valence-corrected chi connectivity index (χ4v) is 2.88. The molecule has 3 atom stereocenters. The molecule has 1 spiro atoms. The molecule has 0 aromatic rings. The number of carbonyl (C=O) groups is 1. The van der Waals surface area contributed by atoms with Crippen LogP contribution in [0.1, 0.15) is 39.0 Å². The zero-order valence-corrected chi connectivity index (χ0v) is 11.0. The highest BCUT2D eigenvalue weighted by molar-refractivity contribution is 5.73. The van der Waals surface area contributed by atoms with Crippen molar-refractivity contribution in [3.63, 3.8) is 0 Å². The number of carboxylic acids is 1. The molecule has 2 aliphatic rings. The fourth-order valence-electron chi connectivity index (χ4n) is 2.88. The average molecular weight is 257 g/mol. The number of aliphatic carboxylic acids is 1. The van der Waals surface area contributed by atoms with Crippen LogP contribution in [0.2, 0.25) is 0 Å². The third-order valence-corrected chi connectivity index (χ3v) is 3.87.